The maximum atomic E-state index is 12.0. The number of carbonyl (C=O) groups is 2. The molecule has 0 aliphatic rings. The van der Waals surface area contributed by atoms with Crippen LogP contribution in [-0.2, 0) is 16.0 Å². The normalized spacial score (nSPS) is 11.9. The molecule has 5 nitrogen and oxygen atoms in total. The average molecular weight is 303 g/mol. The number of primary amides is 1. The molecule has 1 heterocycles. The molecule has 110 valence electrons. The van der Waals surface area contributed by atoms with Gasteiger partial charge >= 0.3 is 0 Å². The van der Waals surface area contributed by atoms with Crippen molar-refractivity contribution in [3.05, 3.63) is 47.0 Å². The minimum Gasteiger partial charge on any atom is -0.369 e. The van der Waals surface area contributed by atoms with Crippen molar-refractivity contribution in [2.75, 3.05) is 5.32 Å². The number of rotatable bonds is 6. The average Bonchev–Trinajstić information content (AvgIpc) is 2.85. The fraction of sp³-hybridized carbons (Fsp3) is 0.267. The van der Waals surface area contributed by atoms with Gasteiger partial charge in [-0.3, -0.25) is 9.59 Å². The summed E-state index contributed by atoms with van der Waals surface area (Å²) < 4.78 is 0. The van der Waals surface area contributed by atoms with Crippen molar-refractivity contribution in [2.24, 2.45) is 5.73 Å². The smallest absolute Gasteiger partial charge is 0.226 e. The lowest BCUT2D eigenvalue weighted by molar-refractivity contribution is -0.117. The number of nitrogens with two attached hydrogens (primary N) is 1. The van der Waals surface area contributed by atoms with Gasteiger partial charge in [-0.2, -0.15) is 0 Å². The zero-order chi connectivity index (χ0) is 15.2. The summed E-state index contributed by atoms with van der Waals surface area (Å²) in [6, 6.07) is 9.88. The Morgan fingerprint density at radius 2 is 2.05 bits per heavy atom. The van der Waals surface area contributed by atoms with E-state index >= 15 is 0 Å². The van der Waals surface area contributed by atoms with Crippen LogP contribution in [0.1, 0.15) is 30.5 Å². The molecule has 0 aliphatic heterocycles. The quantitative estimate of drug-likeness (QED) is 0.858. The number of nitrogens with zero attached hydrogens (tertiary/aromatic N) is 1. The van der Waals surface area contributed by atoms with Crippen molar-refractivity contribution in [3.63, 3.8) is 0 Å². The molecule has 0 saturated carbocycles. The SMILES string of the molecule is CC(CC(=O)Nc1nc(CC(N)=O)cs1)c1ccccc1. The van der Waals surface area contributed by atoms with Crippen LogP contribution in [0.3, 0.4) is 0 Å². The van der Waals surface area contributed by atoms with E-state index in [0.717, 1.165) is 5.56 Å². The van der Waals surface area contributed by atoms with E-state index in [4.69, 9.17) is 5.73 Å². The summed E-state index contributed by atoms with van der Waals surface area (Å²) in [5.41, 5.74) is 6.81. The molecular formula is C15H17N3O2S. The summed E-state index contributed by atoms with van der Waals surface area (Å²) >= 11 is 1.29. The Hall–Kier alpha value is -2.21. The van der Waals surface area contributed by atoms with Gasteiger partial charge in [0.15, 0.2) is 5.13 Å². The van der Waals surface area contributed by atoms with Gasteiger partial charge in [-0.1, -0.05) is 37.3 Å². The fourth-order valence-electron chi connectivity index (χ4n) is 1.97. The van der Waals surface area contributed by atoms with Gasteiger partial charge in [-0.05, 0) is 11.5 Å². The molecule has 1 aromatic heterocycles. The van der Waals surface area contributed by atoms with Gasteiger partial charge in [0.2, 0.25) is 11.8 Å². The van der Waals surface area contributed by atoms with E-state index in [-0.39, 0.29) is 18.2 Å². The summed E-state index contributed by atoms with van der Waals surface area (Å²) in [6.07, 6.45) is 0.474. The topological polar surface area (TPSA) is 85.1 Å². The lowest BCUT2D eigenvalue weighted by Crippen LogP contribution is -2.15. The highest BCUT2D eigenvalue weighted by Gasteiger charge is 2.13. The van der Waals surface area contributed by atoms with Gasteiger partial charge < -0.3 is 11.1 Å². The summed E-state index contributed by atoms with van der Waals surface area (Å²) in [5, 5.41) is 4.97. The summed E-state index contributed by atoms with van der Waals surface area (Å²) in [4.78, 5) is 26.9. The van der Waals surface area contributed by atoms with E-state index in [1.165, 1.54) is 11.3 Å². The van der Waals surface area contributed by atoms with Gasteiger partial charge in [-0.15, -0.1) is 11.3 Å². The number of aromatic nitrogens is 1. The highest BCUT2D eigenvalue weighted by Crippen LogP contribution is 2.21. The summed E-state index contributed by atoms with van der Waals surface area (Å²) in [5.74, 6) is -0.390. The number of benzene rings is 1. The standard InChI is InChI=1S/C15H17N3O2S/c1-10(11-5-3-2-4-6-11)7-14(20)18-15-17-12(9-21-15)8-13(16)19/h2-6,9-10H,7-8H2,1H3,(H2,16,19)(H,17,18,20). The van der Waals surface area contributed by atoms with Crippen molar-refractivity contribution in [3.8, 4) is 0 Å². The Kier molecular flexibility index (Phi) is 5.05. The third-order valence-corrected chi connectivity index (χ3v) is 3.82. The van der Waals surface area contributed by atoms with Gasteiger partial charge in [0, 0.05) is 11.8 Å². The Balaban J connectivity index is 1.89. The van der Waals surface area contributed by atoms with Gasteiger partial charge in [0.05, 0.1) is 12.1 Å². The molecule has 3 N–H and O–H groups in total. The van der Waals surface area contributed by atoms with E-state index in [0.29, 0.717) is 17.2 Å². The van der Waals surface area contributed by atoms with Gasteiger partial charge in [-0.25, -0.2) is 4.98 Å². The maximum Gasteiger partial charge on any atom is 0.226 e. The highest BCUT2D eigenvalue weighted by molar-refractivity contribution is 7.13. The van der Waals surface area contributed by atoms with Crippen molar-refractivity contribution >= 4 is 28.3 Å². The van der Waals surface area contributed by atoms with Crippen LogP contribution in [0, 0.1) is 0 Å². The second-order valence-electron chi connectivity index (χ2n) is 4.85. The monoisotopic (exact) mass is 303 g/mol. The first-order valence-electron chi connectivity index (χ1n) is 6.62. The van der Waals surface area contributed by atoms with E-state index in [1.54, 1.807) is 5.38 Å². The zero-order valence-corrected chi connectivity index (χ0v) is 12.5. The summed E-state index contributed by atoms with van der Waals surface area (Å²) in [7, 11) is 0. The second kappa shape index (κ2) is 6.99. The van der Waals surface area contributed by atoms with Crippen molar-refractivity contribution in [2.45, 2.75) is 25.7 Å². The largest absolute Gasteiger partial charge is 0.369 e. The highest BCUT2D eigenvalue weighted by atomic mass is 32.1. The molecule has 21 heavy (non-hydrogen) atoms. The molecule has 2 rings (SSSR count). The minimum absolute atomic E-state index is 0.0901. The first kappa shape index (κ1) is 15.2. The molecule has 0 saturated heterocycles. The molecule has 1 atom stereocenters. The van der Waals surface area contributed by atoms with Crippen LogP contribution in [0.25, 0.3) is 0 Å². The number of nitrogens with one attached hydrogen (secondary N) is 1. The molecule has 0 bridgehead atoms. The van der Waals surface area contributed by atoms with E-state index < -0.39 is 5.91 Å². The van der Waals surface area contributed by atoms with E-state index in [1.807, 2.05) is 37.3 Å². The van der Waals surface area contributed by atoms with Crippen molar-refractivity contribution in [1.82, 2.24) is 4.98 Å². The molecule has 0 aliphatic carbocycles. The van der Waals surface area contributed by atoms with Crippen LogP contribution < -0.4 is 11.1 Å². The first-order chi connectivity index (χ1) is 10.0. The Bertz CT molecular complexity index is 625. The van der Waals surface area contributed by atoms with Crippen molar-refractivity contribution < 1.29 is 9.59 Å². The predicted molar refractivity (Wildman–Crippen MR) is 83.1 cm³/mol. The number of thiazole rings is 1. The minimum atomic E-state index is -0.434. The van der Waals surface area contributed by atoms with Crippen molar-refractivity contribution in [1.29, 1.82) is 0 Å². The van der Waals surface area contributed by atoms with Crippen LogP contribution in [0.2, 0.25) is 0 Å². The zero-order valence-electron chi connectivity index (χ0n) is 11.7. The third-order valence-electron chi connectivity index (χ3n) is 3.01. The Morgan fingerprint density at radius 1 is 1.33 bits per heavy atom. The third kappa shape index (κ3) is 4.68. The van der Waals surface area contributed by atoms with Gasteiger partial charge in [0.1, 0.15) is 0 Å². The fourth-order valence-corrected chi connectivity index (χ4v) is 2.70. The van der Waals surface area contributed by atoms with E-state index in [9.17, 15) is 9.59 Å². The van der Waals surface area contributed by atoms with Crippen LogP contribution in [-0.4, -0.2) is 16.8 Å². The molecule has 6 heteroatoms. The number of hydrogen-bond donors (Lipinski definition) is 2. The Labute approximate surface area is 127 Å². The summed E-state index contributed by atoms with van der Waals surface area (Å²) in [6.45, 7) is 2.01. The number of amides is 2. The van der Waals surface area contributed by atoms with Crippen LogP contribution in [0.15, 0.2) is 35.7 Å². The number of hydrogen-bond acceptors (Lipinski definition) is 4. The molecule has 1 aromatic carbocycles. The van der Waals surface area contributed by atoms with E-state index in [2.05, 4.69) is 10.3 Å². The number of anilines is 1. The van der Waals surface area contributed by atoms with Crippen LogP contribution in [0.4, 0.5) is 5.13 Å². The van der Waals surface area contributed by atoms with Crippen LogP contribution >= 0.6 is 11.3 Å². The molecule has 0 spiro atoms. The molecule has 1 unspecified atom stereocenters. The van der Waals surface area contributed by atoms with Gasteiger partial charge in [0.25, 0.3) is 0 Å². The second-order valence-corrected chi connectivity index (χ2v) is 5.71. The molecule has 2 amide bonds. The molecular weight excluding hydrogens is 286 g/mol. The number of carbonyl (C=O) groups excluding carboxylic acids is 2. The van der Waals surface area contributed by atoms with Crippen LogP contribution in [0.5, 0.6) is 0 Å². The molecule has 0 fully saturated rings. The lowest BCUT2D eigenvalue weighted by Gasteiger charge is -2.10. The maximum absolute atomic E-state index is 12.0. The Morgan fingerprint density at radius 3 is 2.71 bits per heavy atom. The predicted octanol–water partition coefficient (Wildman–Crippen LogP) is 2.30. The molecule has 2 aromatic rings. The first-order valence-corrected chi connectivity index (χ1v) is 7.50. The lowest BCUT2D eigenvalue weighted by atomic mass is 9.98. The molecule has 0 radical (unpaired) electrons.